The zero-order valence-corrected chi connectivity index (χ0v) is 23.5. The van der Waals surface area contributed by atoms with Gasteiger partial charge in [0.25, 0.3) is 11.4 Å². The molecule has 14 heteroatoms. The van der Waals surface area contributed by atoms with Crippen molar-refractivity contribution in [2.75, 3.05) is 18.1 Å². The zero-order valence-electron chi connectivity index (χ0n) is 21.3. The molecule has 0 fully saturated rings. The van der Waals surface area contributed by atoms with Crippen LogP contribution in [0.15, 0.2) is 39.4 Å². The Kier molecular flexibility index (Phi) is 10.3. The summed E-state index contributed by atoms with van der Waals surface area (Å²) in [6.45, 7) is 9.04. The smallest absolute Gasteiger partial charge is 0.293 e. The first-order valence-corrected chi connectivity index (χ1v) is 12.2. The number of aromatic nitrogens is 2. The van der Waals surface area contributed by atoms with E-state index >= 15 is 0 Å². The predicted octanol–water partition coefficient (Wildman–Crippen LogP) is 5.50. The summed E-state index contributed by atoms with van der Waals surface area (Å²) in [5.74, 6) is 1.25. The van der Waals surface area contributed by atoms with Gasteiger partial charge in [0.2, 0.25) is 0 Å². The molecule has 2 heterocycles. The molecule has 0 bridgehead atoms. The van der Waals surface area contributed by atoms with Crippen LogP contribution in [0.1, 0.15) is 29.8 Å². The van der Waals surface area contributed by atoms with Gasteiger partial charge in [-0.25, -0.2) is 0 Å². The Morgan fingerprint density at radius 1 is 0.868 bits per heavy atom. The molecule has 0 atom stereocenters. The lowest BCUT2D eigenvalue weighted by atomic mass is 10.0. The van der Waals surface area contributed by atoms with E-state index in [4.69, 9.17) is 25.6 Å². The van der Waals surface area contributed by atoms with Gasteiger partial charge in [0.05, 0.1) is 21.2 Å². The monoisotopic (exact) mass is 638 g/mol. The number of nitro groups is 2. The summed E-state index contributed by atoms with van der Waals surface area (Å²) < 4.78 is 10.7. The van der Waals surface area contributed by atoms with Crippen LogP contribution < -0.4 is 11.5 Å². The maximum absolute atomic E-state index is 10.9. The molecule has 0 amide bonds. The second-order valence-corrected chi connectivity index (χ2v) is 9.06. The Morgan fingerprint density at radius 3 is 1.74 bits per heavy atom. The van der Waals surface area contributed by atoms with Crippen LogP contribution >= 0.6 is 22.6 Å². The highest BCUT2D eigenvalue weighted by molar-refractivity contribution is 14.1. The summed E-state index contributed by atoms with van der Waals surface area (Å²) in [4.78, 5) is 20.8. The number of nitrogens with two attached hydrogens (primary N) is 2. The lowest BCUT2D eigenvalue weighted by Gasteiger charge is -2.05. The van der Waals surface area contributed by atoms with Gasteiger partial charge in [0.1, 0.15) is 22.9 Å². The summed E-state index contributed by atoms with van der Waals surface area (Å²) in [6.07, 6.45) is 0. The minimum atomic E-state index is -0.503. The zero-order chi connectivity index (χ0) is 28.7. The van der Waals surface area contributed by atoms with Crippen LogP contribution in [0.3, 0.4) is 0 Å². The fourth-order valence-corrected chi connectivity index (χ4v) is 4.16. The number of nitro benzene ring substituents is 2. The molecule has 4 aromatic rings. The van der Waals surface area contributed by atoms with Gasteiger partial charge in [-0.1, -0.05) is 16.4 Å². The van der Waals surface area contributed by atoms with Crippen molar-refractivity contribution in [1.82, 2.24) is 10.3 Å². The first-order valence-electron chi connectivity index (χ1n) is 11.1. The minimum absolute atomic E-state index is 0.100. The van der Waals surface area contributed by atoms with Gasteiger partial charge in [-0.3, -0.25) is 20.2 Å². The van der Waals surface area contributed by atoms with Gasteiger partial charge in [-0.05, 0) is 80.5 Å². The number of rotatable bonds is 4. The number of hydrogen-bond donors (Lipinski definition) is 3. The Bertz CT molecular complexity index is 1430. The summed E-state index contributed by atoms with van der Waals surface area (Å²) >= 11 is 1.98. The van der Waals surface area contributed by atoms with Crippen molar-refractivity contribution in [2.24, 2.45) is 0 Å². The topological polar surface area (TPSA) is 211 Å². The van der Waals surface area contributed by atoms with Crippen LogP contribution in [0.4, 0.5) is 22.7 Å². The molecule has 38 heavy (non-hydrogen) atoms. The fourth-order valence-electron chi connectivity index (χ4n) is 3.55. The van der Waals surface area contributed by atoms with E-state index in [1.165, 1.54) is 18.2 Å². The highest BCUT2D eigenvalue weighted by Crippen LogP contribution is 2.36. The third-order valence-corrected chi connectivity index (χ3v) is 6.07. The summed E-state index contributed by atoms with van der Waals surface area (Å²) in [5, 5.41) is 37.0. The quantitative estimate of drug-likeness (QED) is 0.110. The van der Waals surface area contributed by atoms with Crippen molar-refractivity contribution in [3.05, 3.63) is 77.0 Å². The van der Waals surface area contributed by atoms with Crippen molar-refractivity contribution in [1.29, 1.82) is 0 Å². The van der Waals surface area contributed by atoms with E-state index in [0.717, 1.165) is 11.1 Å². The Hall–Kier alpha value is -4.05. The van der Waals surface area contributed by atoms with Crippen LogP contribution in [0.5, 0.6) is 0 Å². The Morgan fingerprint density at radius 2 is 1.32 bits per heavy atom. The molecular formula is C24H27IN6O7. The van der Waals surface area contributed by atoms with Crippen molar-refractivity contribution >= 4 is 45.3 Å². The van der Waals surface area contributed by atoms with Gasteiger partial charge >= 0.3 is 0 Å². The first-order chi connectivity index (χ1) is 17.8. The Labute approximate surface area is 231 Å². The molecule has 4 rings (SSSR count). The number of aryl methyl sites for hydroxylation is 4. The minimum Gasteiger partial charge on any atom is -0.397 e. The number of hydrogen-bond acceptors (Lipinski definition) is 11. The van der Waals surface area contributed by atoms with Gasteiger partial charge in [0.15, 0.2) is 0 Å². The average molecular weight is 638 g/mol. The lowest BCUT2D eigenvalue weighted by Crippen LogP contribution is -1.99. The molecule has 0 saturated carbocycles. The van der Waals surface area contributed by atoms with E-state index in [9.17, 15) is 20.2 Å². The molecule has 0 aliphatic rings. The number of benzene rings is 2. The SMILES string of the molecule is CCO.Cc1noc(C)c1-c1cc(I)c(N)c([N+](=O)[O-])c1.Cc1noc(C)c1-c1ccc(N)c([N+](=O)[O-])c1. The fraction of sp³-hybridized carbons (Fsp3) is 0.250. The molecule has 0 saturated heterocycles. The van der Waals surface area contributed by atoms with Crippen LogP contribution in [-0.2, 0) is 0 Å². The second kappa shape index (κ2) is 13.0. The highest BCUT2D eigenvalue weighted by atomic mass is 127. The van der Waals surface area contributed by atoms with E-state index in [1.807, 2.05) is 22.6 Å². The van der Waals surface area contributed by atoms with Crippen LogP contribution in [0.2, 0.25) is 0 Å². The number of nitrogens with zero attached hydrogens (tertiary/aromatic N) is 4. The summed E-state index contributed by atoms with van der Waals surface area (Å²) in [5.41, 5.74) is 15.7. The normalized spacial score (nSPS) is 10.2. The molecule has 0 aliphatic heterocycles. The maximum Gasteiger partial charge on any atom is 0.293 e. The van der Waals surface area contributed by atoms with Crippen LogP contribution in [0.25, 0.3) is 22.3 Å². The van der Waals surface area contributed by atoms with Gasteiger partial charge in [0, 0.05) is 33.4 Å². The number of aliphatic hydroxyl groups excluding tert-OH is 1. The van der Waals surface area contributed by atoms with Crippen molar-refractivity contribution in [2.45, 2.75) is 34.6 Å². The van der Waals surface area contributed by atoms with Crippen LogP contribution in [0, 0.1) is 51.5 Å². The molecule has 0 spiro atoms. The third-order valence-electron chi connectivity index (χ3n) is 5.18. The molecule has 0 radical (unpaired) electrons. The van der Waals surface area contributed by atoms with E-state index in [1.54, 1.807) is 46.8 Å². The summed E-state index contributed by atoms with van der Waals surface area (Å²) in [7, 11) is 0. The number of halogens is 1. The molecule has 202 valence electrons. The number of nitrogen functional groups attached to an aromatic ring is 2. The van der Waals surface area contributed by atoms with Crippen molar-refractivity contribution in [3.8, 4) is 22.3 Å². The largest absolute Gasteiger partial charge is 0.397 e. The molecule has 5 N–H and O–H groups in total. The first kappa shape index (κ1) is 30.2. The van der Waals surface area contributed by atoms with Crippen molar-refractivity contribution in [3.63, 3.8) is 0 Å². The Balaban J connectivity index is 0.000000242. The number of anilines is 2. The summed E-state index contributed by atoms with van der Waals surface area (Å²) in [6, 6.07) is 7.90. The van der Waals surface area contributed by atoms with E-state index < -0.39 is 9.85 Å². The molecule has 13 nitrogen and oxygen atoms in total. The lowest BCUT2D eigenvalue weighted by molar-refractivity contribution is -0.384. The standard InChI is InChI=1S/C11H10IN3O3.C11H11N3O3.C2H6O/c1-5-10(6(2)18-14-5)7-3-8(12)11(13)9(4-7)15(16)17;1-6-11(7(2)17-13-6)8-3-4-9(12)10(5-8)14(15)16;1-2-3/h3-4H,13H2,1-2H3;3-5H,12H2,1-2H3;3H,2H2,1H3. The van der Waals surface area contributed by atoms with Gasteiger partial charge in [-0.2, -0.15) is 0 Å². The molecule has 0 aliphatic carbocycles. The van der Waals surface area contributed by atoms with E-state index in [2.05, 4.69) is 10.3 Å². The average Bonchev–Trinajstić information content (AvgIpc) is 3.36. The van der Waals surface area contributed by atoms with Crippen molar-refractivity contribution < 1.29 is 24.0 Å². The molecule has 0 unspecified atom stereocenters. The maximum atomic E-state index is 10.9. The predicted molar refractivity (Wildman–Crippen MR) is 150 cm³/mol. The third kappa shape index (κ3) is 6.83. The number of aliphatic hydroxyl groups is 1. The van der Waals surface area contributed by atoms with Gasteiger partial charge in [-0.15, -0.1) is 0 Å². The highest BCUT2D eigenvalue weighted by Gasteiger charge is 2.20. The van der Waals surface area contributed by atoms with E-state index in [-0.39, 0.29) is 29.4 Å². The van der Waals surface area contributed by atoms with E-state index in [0.29, 0.717) is 37.6 Å². The van der Waals surface area contributed by atoms with Crippen LogP contribution in [-0.4, -0.2) is 31.9 Å². The molecule has 2 aromatic heterocycles. The second-order valence-electron chi connectivity index (χ2n) is 7.89. The molecular weight excluding hydrogens is 611 g/mol. The molecule has 2 aromatic carbocycles. The van der Waals surface area contributed by atoms with Gasteiger partial charge < -0.3 is 25.6 Å².